The van der Waals surface area contributed by atoms with Crippen LogP contribution in [0.5, 0.6) is 0 Å². The van der Waals surface area contributed by atoms with Crippen molar-refractivity contribution in [3.8, 4) is 0 Å². The number of Topliss-reactive ketones (excluding diaryl/α,β-unsaturated/α-hetero) is 1. The highest BCUT2D eigenvalue weighted by Crippen LogP contribution is 2.32. The van der Waals surface area contributed by atoms with Crippen LogP contribution in [0.2, 0.25) is 0 Å². The predicted octanol–water partition coefficient (Wildman–Crippen LogP) is 3.82. The summed E-state index contributed by atoms with van der Waals surface area (Å²) in [5.74, 6) is -0.295. The summed E-state index contributed by atoms with van der Waals surface area (Å²) < 4.78 is 5.76. The van der Waals surface area contributed by atoms with Gasteiger partial charge in [0.1, 0.15) is 16.8 Å². The van der Waals surface area contributed by atoms with Crippen molar-refractivity contribution in [3.63, 3.8) is 0 Å². The molecule has 4 heteroatoms. The van der Waals surface area contributed by atoms with Gasteiger partial charge in [-0.25, -0.2) is 0 Å². The lowest BCUT2D eigenvalue weighted by atomic mass is 9.79. The summed E-state index contributed by atoms with van der Waals surface area (Å²) in [5, 5.41) is 11.5. The van der Waals surface area contributed by atoms with Crippen LogP contribution in [-0.2, 0) is 0 Å². The van der Waals surface area contributed by atoms with Crippen molar-refractivity contribution in [2.45, 2.75) is 37.7 Å². The van der Waals surface area contributed by atoms with Gasteiger partial charge in [-0.1, -0.05) is 31.4 Å². The summed E-state index contributed by atoms with van der Waals surface area (Å²) in [6, 6.07) is 11.9. The Hall–Kier alpha value is -2.46. The average Bonchev–Trinajstić information content (AvgIpc) is 2.62. The maximum Gasteiger partial charge on any atom is 0.200 e. The normalized spacial score (nSPS) is 17.2. The number of aliphatic hydroxyl groups is 1. The van der Waals surface area contributed by atoms with Crippen molar-refractivity contribution in [2.24, 2.45) is 0 Å². The molecule has 1 saturated carbocycles. The molecule has 0 atom stereocenters. The minimum absolute atomic E-state index is 0.155. The molecule has 2 aromatic carbocycles. The van der Waals surface area contributed by atoms with E-state index in [4.69, 9.17) is 4.42 Å². The summed E-state index contributed by atoms with van der Waals surface area (Å²) in [5.41, 5.74) is -0.110. The third kappa shape index (κ3) is 2.34. The quantitative estimate of drug-likeness (QED) is 0.575. The smallest absolute Gasteiger partial charge is 0.200 e. The predicted molar refractivity (Wildman–Crippen MR) is 92.4 cm³/mol. The fourth-order valence-corrected chi connectivity index (χ4v) is 3.58. The number of rotatable bonds is 2. The Morgan fingerprint density at radius 1 is 0.958 bits per heavy atom. The molecular weight excluding hydrogens is 304 g/mol. The molecule has 0 amide bonds. The topological polar surface area (TPSA) is 67.5 Å². The van der Waals surface area contributed by atoms with Gasteiger partial charge >= 0.3 is 0 Å². The maximum absolute atomic E-state index is 12.8. The van der Waals surface area contributed by atoms with Crippen LogP contribution < -0.4 is 5.43 Å². The maximum atomic E-state index is 12.8. The van der Waals surface area contributed by atoms with Gasteiger partial charge in [-0.15, -0.1) is 0 Å². The van der Waals surface area contributed by atoms with Crippen LogP contribution in [-0.4, -0.2) is 16.5 Å². The molecule has 0 aliphatic heterocycles. The van der Waals surface area contributed by atoms with E-state index in [1.165, 1.54) is 0 Å². The summed E-state index contributed by atoms with van der Waals surface area (Å²) in [7, 11) is 0. The second kappa shape index (κ2) is 5.56. The molecule has 4 rings (SSSR count). The van der Waals surface area contributed by atoms with Gasteiger partial charge < -0.3 is 9.52 Å². The van der Waals surface area contributed by atoms with Crippen molar-refractivity contribution in [3.05, 3.63) is 58.3 Å². The molecule has 0 spiro atoms. The lowest BCUT2D eigenvalue weighted by molar-refractivity contribution is 0.0116. The molecule has 0 bridgehead atoms. The third-order valence-electron chi connectivity index (χ3n) is 4.94. The monoisotopic (exact) mass is 322 g/mol. The Morgan fingerprint density at radius 2 is 1.67 bits per heavy atom. The highest BCUT2D eigenvalue weighted by atomic mass is 16.3. The van der Waals surface area contributed by atoms with Crippen molar-refractivity contribution >= 4 is 27.7 Å². The van der Waals surface area contributed by atoms with E-state index >= 15 is 0 Å². The zero-order valence-electron chi connectivity index (χ0n) is 13.2. The summed E-state index contributed by atoms with van der Waals surface area (Å²) in [4.78, 5) is 25.4. The van der Waals surface area contributed by atoms with E-state index in [1.807, 2.05) is 6.07 Å². The van der Waals surface area contributed by atoms with Crippen LogP contribution in [0.4, 0.5) is 0 Å². The van der Waals surface area contributed by atoms with Crippen LogP contribution in [0.15, 0.2) is 51.7 Å². The van der Waals surface area contributed by atoms with Crippen molar-refractivity contribution in [2.75, 3.05) is 0 Å². The second-order valence-corrected chi connectivity index (χ2v) is 6.56. The van der Waals surface area contributed by atoms with E-state index in [0.29, 0.717) is 40.3 Å². The summed E-state index contributed by atoms with van der Waals surface area (Å²) in [6.45, 7) is 0. The molecule has 1 aromatic heterocycles. The van der Waals surface area contributed by atoms with E-state index in [2.05, 4.69) is 0 Å². The Balaban J connectivity index is 1.86. The first-order valence-electron chi connectivity index (χ1n) is 8.31. The van der Waals surface area contributed by atoms with Crippen molar-refractivity contribution in [1.29, 1.82) is 0 Å². The Morgan fingerprint density at radius 3 is 2.46 bits per heavy atom. The number of benzene rings is 2. The third-order valence-corrected chi connectivity index (χ3v) is 4.94. The molecule has 1 aliphatic carbocycles. The first kappa shape index (κ1) is 15.1. The molecule has 122 valence electrons. The minimum atomic E-state index is -1.30. The van der Waals surface area contributed by atoms with E-state index in [-0.39, 0.29) is 11.2 Å². The van der Waals surface area contributed by atoms with Gasteiger partial charge in [-0.2, -0.15) is 0 Å². The van der Waals surface area contributed by atoms with Crippen LogP contribution in [0.3, 0.4) is 0 Å². The van der Waals surface area contributed by atoms with Gasteiger partial charge in [0.25, 0.3) is 0 Å². The number of carbonyl (C=O) groups excluding carboxylic acids is 1. The average molecular weight is 322 g/mol. The van der Waals surface area contributed by atoms with Crippen LogP contribution in [0.25, 0.3) is 21.9 Å². The molecule has 1 heterocycles. The lowest BCUT2D eigenvalue weighted by Gasteiger charge is -2.30. The summed E-state index contributed by atoms with van der Waals surface area (Å²) in [6.07, 6.45) is 3.71. The molecule has 1 fully saturated rings. The fourth-order valence-electron chi connectivity index (χ4n) is 3.58. The largest absolute Gasteiger partial charge is 0.456 e. The zero-order valence-corrected chi connectivity index (χ0v) is 13.2. The number of hydrogen-bond donors (Lipinski definition) is 1. The standard InChI is InChI=1S/C20H18O4/c21-18-14-6-2-3-7-16(14)24-17-9-8-13(12-15(17)18)19(22)20(23)10-4-1-5-11-20/h2-3,6-9,12,23H,1,4-5,10-11H2. The molecule has 24 heavy (non-hydrogen) atoms. The fraction of sp³-hybridized carbons (Fsp3) is 0.300. The molecule has 4 nitrogen and oxygen atoms in total. The van der Waals surface area contributed by atoms with Crippen molar-refractivity contribution in [1.82, 2.24) is 0 Å². The van der Waals surface area contributed by atoms with Gasteiger partial charge in [0.2, 0.25) is 5.43 Å². The van der Waals surface area contributed by atoms with Gasteiger partial charge in [-0.05, 0) is 43.2 Å². The number of ketones is 1. The van der Waals surface area contributed by atoms with E-state index in [9.17, 15) is 14.7 Å². The van der Waals surface area contributed by atoms with Gasteiger partial charge in [0.15, 0.2) is 5.78 Å². The van der Waals surface area contributed by atoms with Crippen LogP contribution in [0.1, 0.15) is 42.5 Å². The Labute approximate surface area is 138 Å². The van der Waals surface area contributed by atoms with Crippen LogP contribution >= 0.6 is 0 Å². The number of hydrogen-bond acceptors (Lipinski definition) is 4. The molecule has 1 aliphatic rings. The van der Waals surface area contributed by atoms with Gasteiger partial charge in [0, 0.05) is 5.56 Å². The second-order valence-electron chi connectivity index (χ2n) is 6.56. The number of fused-ring (bicyclic) bond motifs is 2. The number of carbonyl (C=O) groups is 1. The Bertz CT molecular complexity index is 993. The minimum Gasteiger partial charge on any atom is -0.456 e. The molecule has 1 N–H and O–H groups in total. The molecular formula is C20H18O4. The zero-order chi connectivity index (χ0) is 16.7. The highest BCUT2D eigenvalue weighted by molar-refractivity contribution is 6.05. The number of para-hydroxylation sites is 1. The first-order chi connectivity index (χ1) is 11.6. The van der Waals surface area contributed by atoms with E-state index in [1.54, 1.807) is 36.4 Å². The molecule has 0 radical (unpaired) electrons. The van der Waals surface area contributed by atoms with Crippen LogP contribution in [0, 0.1) is 0 Å². The highest BCUT2D eigenvalue weighted by Gasteiger charge is 2.37. The van der Waals surface area contributed by atoms with E-state index < -0.39 is 5.60 Å². The molecule has 0 saturated heterocycles. The SMILES string of the molecule is O=C(c1ccc2oc3ccccc3c(=O)c2c1)C1(O)CCCCC1. The molecule has 0 unspecified atom stereocenters. The Kier molecular flexibility index (Phi) is 3.50. The van der Waals surface area contributed by atoms with Gasteiger partial charge in [-0.3, -0.25) is 9.59 Å². The first-order valence-corrected chi connectivity index (χ1v) is 8.31. The van der Waals surface area contributed by atoms with Crippen molar-refractivity contribution < 1.29 is 14.3 Å². The summed E-state index contributed by atoms with van der Waals surface area (Å²) >= 11 is 0. The van der Waals surface area contributed by atoms with E-state index in [0.717, 1.165) is 19.3 Å². The van der Waals surface area contributed by atoms with Gasteiger partial charge in [0.05, 0.1) is 10.8 Å². The lowest BCUT2D eigenvalue weighted by Crippen LogP contribution is -2.40. The molecule has 3 aromatic rings.